The molecule has 1 amide bonds. The number of H-pyrrole nitrogens is 1. The lowest BCUT2D eigenvalue weighted by molar-refractivity contribution is 0.102. The summed E-state index contributed by atoms with van der Waals surface area (Å²) in [4.78, 5) is 18.4. The van der Waals surface area contributed by atoms with Crippen LogP contribution in [0, 0.1) is 6.92 Å². The van der Waals surface area contributed by atoms with Gasteiger partial charge in [0.2, 0.25) is 5.13 Å². The number of hydrogen-bond donors (Lipinski definition) is 4. The molecule has 3 heterocycles. The molecule has 4 N–H and O–H groups in total. The largest absolute Gasteiger partial charge is 0.322 e. The minimum atomic E-state index is -4.88. The number of carbonyl (C=O) groups excluding carboxylic acids is 1. The molecule has 224 valence electrons. The van der Waals surface area contributed by atoms with Gasteiger partial charge in [-0.05, 0) is 49.4 Å². The van der Waals surface area contributed by atoms with Crippen LogP contribution in [0.3, 0.4) is 0 Å². The normalized spacial score (nSPS) is 12.8. The van der Waals surface area contributed by atoms with E-state index in [4.69, 9.17) is 0 Å². The third-order valence-corrected chi connectivity index (χ3v) is 8.25. The quantitative estimate of drug-likeness (QED) is 0.143. The molecule has 0 fully saturated rings. The summed E-state index contributed by atoms with van der Waals surface area (Å²) in [6.45, 7) is 7.71. The Bertz CT molecular complexity index is 2070. The number of amides is 1. The van der Waals surface area contributed by atoms with Crippen LogP contribution >= 0.6 is 11.5 Å². The van der Waals surface area contributed by atoms with Gasteiger partial charge in [0, 0.05) is 33.8 Å². The van der Waals surface area contributed by atoms with Crippen LogP contribution in [-0.4, -0.2) is 61.0 Å². The lowest BCUT2D eigenvalue weighted by Gasteiger charge is -2.15. The first-order chi connectivity index (χ1) is 20.0. The van der Waals surface area contributed by atoms with E-state index in [1.165, 1.54) is 16.8 Å². The first-order valence-corrected chi connectivity index (χ1v) is 15.9. The van der Waals surface area contributed by atoms with Crippen molar-refractivity contribution in [3.63, 3.8) is 0 Å². The monoisotopic (exact) mass is 645 g/mol. The molecule has 0 aliphatic heterocycles. The number of aromatic nitrogens is 6. The summed E-state index contributed by atoms with van der Waals surface area (Å²) < 4.78 is 70.5. The van der Waals surface area contributed by atoms with Crippen LogP contribution < -0.4 is 5.32 Å². The first kappa shape index (κ1) is 30.0. The molecule has 5 aromatic rings. The molecule has 43 heavy (non-hydrogen) atoms. The number of rotatable bonds is 7. The van der Waals surface area contributed by atoms with Crippen LogP contribution in [0.2, 0.25) is 0 Å². The number of nitrogens with one attached hydrogen (secondary N) is 2. The van der Waals surface area contributed by atoms with Crippen molar-refractivity contribution in [2.24, 2.45) is 10.2 Å². The summed E-state index contributed by atoms with van der Waals surface area (Å²) in [5.74, 6) is 0.130. The number of azo groups is 1. The topological polar surface area (TPSA) is 234 Å². The molecule has 0 spiro atoms. The molecule has 0 aliphatic carbocycles. The number of benzene rings is 2. The average molecular weight is 646 g/mol. The molecule has 2 aromatic carbocycles. The van der Waals surface area contributed by atoms with Crippen LogP contribution in [0.25, 0.3) is 17.0 Å². The Hall–Kier alpha value is -4.43. The maximum Gasteiger partial charge on any atom is 0.294 e. The summed E-state index contributed by atoms with van der Waals surface area (Å²) in [6.07, 6.45) is 0. The SMILES string of the molecule is Cc1nsc(N=Nc2c(C(C)(C)C)nn3nc(-c4ccc(NC(=O)c5cc(S(=O)(=O)O)cc(S(=O)(=O)O)c5)cc4)[nH]c23)n1. The Balaban J connectivity index is 1.42. The number of hydrogen-bond acceptors (Lipinski definition) is 12. The molecule has 0 saturated heterocycles. The Morgan fingerprint density at radius 1 is 0.977 bits per heavy atom. The molecule has 0 unspecified atom stereocenters. The predicted molar refractivity (Wildman–Crippen MR) is 154 cm³/mol. The van der Waals surface area contributed by atoms with Gasteiger partial charge in [-0.2, -0.15) is 26.3 Å². The zero-order chi connectivity index (χ0) is 31.3. The molecule has 0 bridgehead atoms. The second-order valence-electron chi connectivity index (χ2n) is 10.3. The van der Waals surface area contributed by atoms with E-state index in [-0.39, 0.29) is 11.1 Å². The summed E-state index contributed by atoms with van der Waals surface area (Å²) in [7, 11) is -9.76. The van der Waals surface area contributed by atoms with Crippen LogP contribution in [0.4, 0.5) is 16.5 Å². The van der Waals surface area contributed by atoms with Crippen molar-refractivity contribution in [1.82, 2.24) is 29.2 Å². The Labute approximate surface area is 248 Å². The fraction of sp³-hybridized carbons (Fsp3) is 0.208. The van der Waals surface area contributed by atoms with Crippen molar-refractivity contribution in [3.05, 3.63) is 59.5 Å². The molecule has 19 heteroatoms. The summed E-state index contributed by atoms with van der Waals surface area (Å²) in [5, 5.41) is 20.6. The third kappa shape index (κ3) is 6.49. The van der Waals surface area contributed by atoms with Crippen molar-refractivity contribution in [2.45, 2.75) is 42.9 Å². The van der Waals surface area contributed by atoms with E-state index in [1.807, 2.05) is 20.8 Å². The molecular weight excluding hydrogens is 623 g/mol. The van der Waals surface area contributed by atoms with Crippen molar-refractivity contribution in [3.8, 4) is 11.4 Å². The van der Waals surface area contributed by atoms with Gasteiger partial charge in [-0.3, -0.25) is 13.9 Å². The Morgan fingerprint density at radius 2 is 1.60 bits per heavy atom. The van der Waals surface area contributed by atoms with E-state index in [0.29, 0.717) is 45.4 Å². The number of aryl methyl sites for hydroxylation is 1. The predicted octanol–water partition coefficient (Wildman–Crippen LogP) is 4.34. The van der Waals surface area contributed by atoms with Gasteiger partial charge in [0.05, 0.1) is 15.5 Å². The number of aromatic amines is 1. The molecule has 0 saturated carbocycles. The van der Waals surface area contributed by atoms with Gasteiger partial charge >= 0.3 is 0 Å². The van der Waals surface area contributed by atoms with Crippen LogP contribution in [0.15, 0.2) is 62.5 Å². The summed E-state index contributed by atoms with van der Waals surface area (Å²) >= 11 is 1.12. The molecule has 0 radical (unpaired) electrons. The second-order valence-corrected chi connectivity index (χ2v) is 13.8. The smallest absolute Gasteiger partial charge is 0.294 e. The van der Waals surface area contributed by atoms with Crippen molar-refractivity contribution in [2.75, 3.05) is 5.32 Å². The average Bonchev–Trinajstić information content (AvgIpc) is 3.61. The van der Waals surface area contributed by atoms with Gasteiger partial charge in [0.15, 0.2) is 17.2 Å². The standard InChI is InChI=1S/C24H23N9O7S3/c1-12-25-23(41-32-12)29-28-18-19(24(2,3)4)30-33-21(18)27-20(31-33)13-5-7-15(8-6-13)26-22(34)14-9-16(42(35,36)37)11-17(10-14)43(38,39)40/h5-11H,1-4H3,(H,26,34)(H,27,31)(H,35,36,37)(H,38,39,40). The van der Waals surface area contributed by atoms with E-state index in [2.05, 4.69) is 40.1 Å². The first-order valence-electron chi connectivity index (χ1n) is 12.2. The highest BCUT2D eigenvalue weighted by molar-refractivity contribution is 7.86. The minimum Gasteiger partial charge on any atom is -0.322 e. The molecule has 3 aromatic heterocycles. The minimum absolute atomic E-state index is 0.271. The van der Waals surface area contributed by atoms with Gasteiger partial charge in [0.25, 0.3) is 26.1 Å². The molecule has 16 nitrogen and oxygen atoms in total. The van der Waals surface area contributed by atoms with Crippen molar-refractivity contribution < 1.29 is 30.7 Å². The van der Waals surface area contributed by atoms with Gasteiger partial charge in [-0.15, -0.1) is 20.0 Å². The van der Waals surface area contributed by atoms with Crippen LogP contribution in [0.1, 0.15) is 42.6 Å². The summed E-state index contributed by atoms with van der Waals surface area (Å²) in [6, 6.07) is 8.44. The van der Waals surface area contributed by atoms with E-state index < -0.39 is 41.5 Å². The number of fused-ring (bicyclic) bond motifs is 1. The lowest BCUT2D eigenvalue weighted by Crippen LogP contribution is -2.14. The zero-order valence-electron chi connectivity index (χ0n) is 22.8. The number of nitrogens with zero attached hydrogens (tertiary/aromatic N) is 7. The zero-order valence-corrected chi connectivity index (χ0v) is 25.3. The fourth-order valence-corrected chi connectivity index (χ4v) is 5.56. The van der Waals surface area contributed by atoms with E-state index in [9.17, 15) is 30.7 Å². The van der Waals surface area contributed by atoms with Gasteiger partial charge in [-0.25, -0.2) is 4.98 Å². The highest BCUT2D eigenvalue weighted by Crippen LogP contribution is 2.35. The van der Waals surface area contributed by atoms with Crippen LogP contribution in [-0.2, 0) is 25.7 Å². The van der Waals surface area contributed by atoms with Crippen molar-refractivity contribution in [1.29, 1.82) is 0 Å². The highest BCUT2D eigenvalue weighted by Gasteiger charge is 2.27. The lowest BCUT2D eigenvalue weighted by atomic mass is 9.91. The third-order valence-electron chi connectivity index (χ3n) is 5.89. The van der Waals surface area contributed by atoms with Gasteiger partial charge in [-0.1, -0.05) is 20.8 Å². The van der Waals surface area contributed by atoms with E-state index in [1.54, 1.807) is 19.1 Å². The molecular formula is C24H23N9O7S3. The van der Waals surface area contributed by atoms with E-state index >= 15 is 0 Å². The molecule has 0 atom stereocenters. The number of anilines is 1. The highest BCUT2D eigenvalue weighted by atomic mass is 32.2. The van der Waals surface area contributed by atoms with Crippen LogP contribution in [0.5, 0.6) is 0 Å². The maximum atomic E-state index is 12.8. The van der Waals surface area contributed by atoms with E-state index in [0.717, 1.165) is 23.7 Å². The number of carbonyl (C=O) groups is 1. The van der Waals surface area contributed by atoms with Gasteiger partial charge in [0.1, 0.15) is 5.82 Å². The summed E-state index contributed by atoms with van der Waals surface area (Å²) in [5.41, 5.74) is 1.73. The Morgan fingerprint density at radius 3 is 2.14 bits per heavy atom. The molecule has 0 aliphatic rings. The fourth-order valence-electron chi connectivity index (χ4n) is 3.88. The maximum absolute atomic E-state index is 12.8. The molecule has 5 rings (SSSR count). The van der Waals surface area contributed by atoms with Gasteiger partial charge < -0.3 is 10.3 Å². The Kier molecular flexibility index (Phi) is 7.47. The second kappa shape index (κ2) is 10.7. The van der Waals surface area contributed by atoms with Crippen molar-refractivity contribution >= 4 is 59.8 Å².